The van der Waals surface area contributed by atoms with Gasteiger partial charge in [-0.25, -0.2) is 4.98 Å². The highest BCUT2D eigenvalue weighted by Gasteiger charge is 2.34. The van der Waals surface area contributed by atoms with Crippen molar-refractivity contribution < 1.29 is 17.1 Å². The van der Waals surface area contributed by atoms with Gasteiger partial charge in [0.05, 0.1) is 18.1 Å². The summed E-state index contributed by atoms with van der Waals surface area (Å²) < 4.78 is 33.5. The highest BCUT2D eigenvalue weighted by Crippen LogP contribution is 2.22. The van der Waals surface area contributed by atoms with Crippen LogP contribution >= 0.6 is 0 Å². The van der Waals surface area contributed by atoms with Crippen LogP contribution in [0.1, 0.15) is 6.42 Å². The second-order valence-electron chi connectivity index (χ2n) is 3.72. The lowest BCUT2D eigenvalue weighted by Crippen LogP contribution is -2.27. The van der Waals surface area contributed by atoms with E-state index in [1.807, 2.05) is 0 Å². The third-order valence-corrected chi connectivity index (χ3v) is 3.22. The summed E-state index contributed by atoms with van der Waals surface area (Å²) in [6.45, 7) is 0.0909. The molecule has 1 aliphatic rings. The number of hydrogen-bond donors (Lipinski definition) is 0. The van der Waals surface area contributed by atoms with Gasteiger partial charge >= 0.3 is 10.2 Å². The number of anilines is 1. The number of carbonyl (C=O) groups is 1. The Kier molecular flexibility index (Phi) is 3.01. The van der Waals surface area contributed by atoms with Crippen molar-refractivity contribution >= 4 is 22.1 Å². The van der Waals surface area contributed by atoms with Gasteiger partial charge < -0.3 is 0 Å². The second kappa shape index (κ2) is 4.32. The third-order valence-electron chi connectivity index (χ3n) is 2.35. The lowest BCUT2D eigenvalue weighted by Gasteiger charge is -2.12. The molecule has 17 heavy (non-hydrogen) atoms. The second-order valence-corrected chi connectivity index (χ2v) is 5.13. The van der Waals surface area contributed by atoms with E-state index in [9.17, 15) is 17.1 Å². The van der Waals surface area contributed by atoms with Crippen molar-refractivity contribution in [3.05, 3.63) is 12.4 Å². The molecule has 1 aromatic heterocycles. The van der Waals surface area contributed by atoms with Crippen molar-refractivity contribution in [3.8, 4) is 0 Å². The average molecular weight is 260 g/mol. The van der Waals surface area contributed by atoms with E-state index < -0.39 is 21.9 Å². The fraction of sp³-hybridized carbons (Fsp3) is 0.500. The zero-order valence-corrected chi connectivity index (χ0v) is 9.47. The molecule has 0 N–H and O–H groups in total. The van der Waals surface area contributed by atoms with E-state index in [4.69, 9.17) is 0 Å². The number of halogens is 1. The minimum Gasteiger partial charge on any atom is -0.279 e. The molecule has 0 radical (unpaired) electrons. The van der Waals surface area contributed by atoms with Gasteiger partial charge in [-0.05, 0) is 0 Å². The summed E-state index contributed by atoms with van der Waals surface area (Å²) in [7, 11) is -4.57. The molecule has 1 atom stereocenters. The van der Waals surface area contributed by atoms with Gasteiger partial charge in [-0.15, -0.1) is 8.98 Å². The molecule has 0 bridgehead atoms. The maximum Gasteiger partial charge on any atom is 0.302 e. The molecule has 0 aliphatic carbocycles. The van der Waals surface area contributed by atoms with Crippen LogP contribution in [0, 0.1) is 5.92 Å². The van der Waals surface area contributed by atoms with Crippen LogP contribution in [0.15, 0.2) is 12.4 Å². The molecule has 1 unspecified atom stereocenters. The van der Waals surface area contributed by atoms with E-state index in [2.05, 4.69) is 15.2 Å². The number of hydrogen-bond acceptors (Lipinski definition) is 6. The Morgan fingerprint density at radius 1 is 1.47 bits per heavy atom. The molecule has 92 valence electrons. The molecular weight excluding hydrogens is 251 g/mol. The Labute approximate surface area is 96.9 Å². The van der Waals surface area contributed by atoms with Gasteiger partial charge in [0.1, 0.15) is 0 Å². The fourth-order valence-electron chi connectivity index (χ4n) is 1.73. The van der Waals surface area contributed by atoms with Gasteiger partial charge in [0, 0.05) is 18.9 Å². The van der Waals surface area contributed by atoms with Crippen molar-refractivity contribution in [1.82, 2.24) is 15.2 Å². The van der Waals surface area contributed by atoms with Gasteiger partial charge in [-0.1, -0.05) is 0 Å². The topological polar surface area (TPSA) is 93.1 Å². The molecule has 2 heterocycles. The molecule has 9 heteroatoms. The number of aromatic nitrogens is 3. The minimum atomic E-state index is -4.57. The van der Waals surface area contributed by atoms with Crippen LogP contribution < -0.4 is 4.90 Å². The van der Waals surface area contributed by atoms with Crippen LogP contribution in [0.3, 0.4) is 0 Å². The van der Waals surface area contributed by atoms with E-state index in [1.165, 1.54) is 17.3 Å². The Hall–Kier alpha value is -1.64. The summed E-state index contributed by atoms with van der Waals surface area (Å²) in [5.74, 6) is -1.45. The predicted octanol–water partition coefficient (Wildman–Crippen LogP) is -0.476. The molecule has 1 fully saturated rings. The zero-order chi connectivity index (χ0) is 12.5. The first kappa shape index (κ1) is 11.8. The van der Waals surface area contributed by atoms with Gasteiger partial charge in [-0.3, -0.25) is 9.69 Å². The zero-order valence-electron chi connectivity index (χ0n) is 8.65. The minimum absolute atomic E-state index is 0.0264. The standard InChI is InChI=1S/C8H9FN4O3S/c9-17(15,16)5-6-3-7(14)13(4-6)8-10-1-2-11-12-8/h1-2,6H,3-5H2. The maximum absolute atomic E-state index is 12.5. The number of amides is 1. The van der Waals surface area contributed by atoms with Crippen LogP contribution in [0.5, 0.6) is 0 Å². The predicted molar refractivity (Wildman–Crippen MR) is 55.2 cm³/mol. The smallest absolute Gasteiger partial charge is 0.279 e. The largest absolute Gasteiger partial charge is 0.302 e. The van der Waals surface area contributed by atoms with Gasteiger partial charge in [0.25, 0.3) is 5.95 Å². The number of nitrogens with zero attached hydrogens (tertiary/aromatic N) is 4. The van der Waals surface area contributed by atoms with E-state index in [0.29, 0.717) is 0 Å². The van der Waals surface area contributed by atoms with Crippen LogP contribution in [-0.4, -0.2) is 41.8 Å². The molecule has 1 aromatic rings. The van der Waals surface area contributed by atoms with Gasteiger partial charge in [0.2, 0.25) is 5.91 Å². The molecule has 0 aromatic carbocycles. The van der Waals surface area contributed by atoms with Crippen LogP contribution in [0.2, 0.25) is 0 Å². The maximum atomic E-state index is 12.5. The summed E-state index contributed by atoms with van der Waals surface area (Å²) in [6.07, 6.45) is 2.70. The van der Waals surface area contributed by atoms with Crippen LogP contribution in [0.25, 0.3) is 0 Å². The number of carbonyl (C=O) groups excluding carboxylic acids is 1. The van der Waals surface area contributed by atoms with Crippen molar-refractivity contribution in [3.63, 3.8) is 0 Å². The Balaban J connectivity index is 2.11. The molecule has 1 aliphatic heterocycles. The molecule has 0 spiro atoms. The monoisotopic (exact) mass is 260 g/mol. The normalized spacial score (nSPS) is 20.9. The quantitative estimate of drug-likeness (QED) is 0.682. The van der Waals surface area contributed by atoms with Crippen molar-refractivity contribution in [2.24, 2.45) is 5.92 Å². The van der Waals surface area contributed by atoms with Gasteiger partial charge in [-0.2, -0.15) is 13.5 Å². The molecule has 7 nitrogen and oxygen atoms in total. The number of rotatable bonds is 3. The van der Waals surface area contributed by atoms with E-state index >= 15 is 0 Å². The Morgan fingerprint density at radius 2 is 2.24 bits per heavy atom. The molecule has 2 rings (SSSR count). The van der Waals surface area contributed by atoms with E-state index in [-0.39, 0.29) is 24.8 Å². The summed E-state index contributed by atoms with van der Waals surface area (Å²) in [6, 6.07) is 0. The van der Waals surface area contributed by atoms with Crippen molar-refractivity contribution in [2.45, 2.75) is 6.42 Å². The van der Waals surface area contributed by atoms with Gasteiger partial charge in [0.15, 0.2) is 0 Å². The third kappa shape index (κ3) is 2.93. The Bertz CT molecular complexity index is 521. The van der Waals surface area contributed by atoms with E-state index in [1.54, 1.807) is 0 Å². The van der Waals surface area contributed by atoms with Crippen LogP contribution in [-0.2, 0) is 15.0 Å². The molecular formula is C8H9FN4O3S. The Morgan fingerprint density at radius 3 is 2.82 bits per heavy atom. The summed E-state index contributed by atoms with van der Waals surface area (Å²) >= 11 is 0. The van der Waals surface area contributed by atoms with E-state index in [0.717, 1.165) is 0 Å². The molecule has 1 amide bonds. The molecule has 0 saturated carbocycles. The summed E-state index contributed by atoms with van der Waals surface area (Å²) in [4.78, 5) is 16.6. The lowest BCUT2D eigenvalue weighted by molar-refractivity contribution is -0.117. The SMILES string of the molecule is O=C1CC(CS(=O)(=O)F)CN1c1nccnn1. The van der Waals surface area contributed by atoms with Crippen LogP contribution in [0.4, 0.5) is 9.83 Å². The first-order valence-corrected chi connectivity index (χ1v) is 6.37. The summed E-state index contributed by atoms with van der Waals surface area (Å²) in [5.41, 5.74) is 0. The average Bonchev–Trinajstić information content (AvgIpc) is 2.58. The lowest BCUT2D eigenvalue weighted by atomic mass is 10.1. The highest BCUT2D eigenvalue weighted by molar-refractivity contribution is 7.86. The van der Waals surface area contributed by atoms with Crippen molar-refractivity contribution in [1.29, 1.82) is 0 Å². The fourth-order valence-corrected chi connectivity index (χ4v) is 2.52. The highest BCUT2D eigenvalue weighted by atomic mass is 32.3. The van der Waals surface area contributed by atoms with Crippen molar-refractivity contribution in [2.75, 3.05) is 17.2 Å². The molecule has 1 saturated heterocycles. The first-order valence-electron chi connectivity index (χ1n) is 4.82. The first-order chi connectivity index (χ1) is 7.96. The summed E-state index contributed by atoms with van der Waals surface area (Å²) in [5, 5.41) is 7.21.